The number of carbonyl (C=O) groups is 1. The molecule has 0 N–H and O–H groups in total. The Bertz CT molecular complexity index is 442. The molecule has 14 heavy (non-hydrogen) atoms. The van der Waals surface area contributed by atoms with Crippen molar-refractivity contribution in [3.63, 3.8) is 0 Å². The first-order valence-corrected chi connectivity index (χ1v) is 6.05. The van der Waals surface area contributed by atoms with Crippen molar-refractivity contribution >= 4 is 56.2 Å². The molecule has 1 aromatic rings. The van der Waals surface area contributed by atoms with E-state index in [0.29, 0.717) is 0 Å². The summed E-state index contributed by atoms with van der Waals surface area (Å²) < 4.78 is 1.85. The molecule has 0 aliphatic carbocycles. The lowest BCUT2D eigenvalue weighted by Crippen LogP contribution is -2.17. The second-order valence-electron chi connectivity index (χ2n) is 3.18. The van der Waals surface area contributed by atoms with Gasteiger partial charge in [0.1, 0.15) is 0 Å². The van der Waals surface area contributed by atoms with Gasteiger partial charge in [0.2, 0.25) is 0 Å². The van der Waals surface area contributed by atoms with E-state index in [1.54, 1.807) is 6.21 Å². The smallest absolute Gasteiger partial charge is 0.174 e. The molecule has 0 amide bonds. The van der Waals surface area contributed by atoms with E-state index in [-0.39, 0.29) is 11.7 Å². The van der Waals surface area contributed by atoms with Crippen LogP contribution < -0.4 is 0 Å². The first-order chi connectivity index (χ1) is 6.61. The summed E-state index contributed by atoms with van der Waals surface area (Å²) in [5.74, 6) is 0.0472. The van der Waals surface area contributed by atoms with Gasteiger partial charge in [-0.1, -0.05) is 6.92 Å². The minimum atomic E-state index is -0.106. The number of rotatable bonds is 0. The zero-order valence-corrected chi connectivity index (χ0v) is 11.2. The summed E-state index contributed by atoms with van der Waals surface area (Å²) in [4.78, 5) is 16.2. The van der Waals surface area contributed by atoms with Crippen molar-refractivity contribution in [3.05, 3.63) is 25.7 Å². The number of hydrogen-bond acceptors (Lipinski definition) is 2. The number of aliphatic imine (C=N–C) groups is 1. The number of benzene rings is 1. The zero-order chi connectivity index (χ0) is 10.3. The first kappa shape index (κ1) is 10.3. The molecule has 1 aromatic carbocycles. The predicted molar refractivity (Wildman–Crippen MR) is 68.5 cm³/mol. The Labute approximate surface area is 104 Å². The van der Waals surface area contributed by atoms with Gasteiger partial charge >= 0.3 is 0 Å². The number of hydrogen-bond donors (Lipinski definition) is 0. The lowest BCUT2D eigenvalue weighted by Gasteiger charge is -2.16. The Morgan fingerprint density at radius 3 is 2.93 bits per heavy atom. The fourth-order valence-corrected chi connectivity index (χ4v) is 2.52. The molecule has 72 valence electrons. The van der Waals surface area contributed by atoms with E-state index in [2.05, 4.69) is 43.5 Å². The molecule has 0 bridgehead atoms. The Morgan fingerprint density at radius 2 is 2.21 bits per heavy atom. The minimum Gasteiger partial charge on any atom is -0.293 e. The van der Waals surface area contributed by atoms with E-state index in [1.807, 2.05) is 19.1 Å². The van der Waals surface area contributed by atoms with Crippen LogP contribution in [0.25, 0.3) is 0 Å². The van der Waals surface area contributed by atoms with Crippen LogP contribution in [0.5, 0.6) is 0 Å². The summed E-state index contributed by atoms with van der Waals surface area (Å²) in [5, 5.41) is 0. The van der Waals surface area contributed by atoms with Crippen LogP contribution in [-0.2, 0) is 0 Å². The molecular weight excluding hydrogens is 357 g/mol. The van der Waals surface area contributed by atoms with Gasteiger partial charge in [-0.25, -0.2) is 0 Å². The molecule has 1 unspecified atom stereocenters. The molecule has 0 saturated heterocycles. The molecule has 0 aromatic heterocycles. The molecule has 0 fully saturated rings. The molecule has 4 heteroatoms. The second-order valence-corrected chi connectivity index (χ2v) is 5.20. The number of carbonyl (C=O) groups excluding carboxylic acids is 1. The van der Waals surface area contributed by atoms with Crippen molar-refractivity contribution in [3.8, 4) is 0 Å². The minimum absolute atomic E-state index is 0.106. The van der Waals surface area contributed by atoms with Crippen molar-refractivity contribution in [2.45, 2.75) is 6.92 Å². The molecule has 2 rings (SSSR count). The van der Waals surface area contributed by atoms with Crippen molar-refractivity contribution in [1.82, 2.24) is 0 Å². The molecule has 1 atom stereocenters. The highest BCUT2D eigenvalue weighted by atomic mass is 127. The molecule has 1 aliphatic rings. The van der Waals surface area contributed by atoms with E-state index in [9.17, 15) is 4.79 Å². The lowest BCUT2D eigenvalue weighted by atomic mass is 9.96. The maximum absolute atomic E-state index is 11.9. The largest absolute Gasteiger partial charge is 0.293 e. The topological polar surface area (TPSA) is 29.4 Å². The molecular formula is C10H7BrINO. The highest BCUT2D eigenvalue weighted by Gasteiger charge is 2.24. The molecule has 0 spiro atoms. The Morgan fingerprint density at radius 1 is 1.50 bits per heavy atom. The number of nitrogens with zero attached hydrogens (tertiary/aromatic N) is 1. The summed E-state index contributed by atoms with van der Waals surface area (Å²) in [6, 6.07) is 3.84. The van der Waals surface area contributed by atoms with Crippen molar-refractivity contribution in [2.75, 3.05) is 0 Å². The van der Waals surface area contributed by atoms with Gasteiger partial charge in [0, 0.05) is 14.3 Å². The molecule has 0 saturated carbocycles. The number of ketones is 1. The third kappa shape index (κ3) is 1.54. The summed E-state index contributed by atoms with van der Waals surface area (Å²) in [7, 11) is 0. The van der Waals surface area contributed by atoms with Gasteiger partial charge in [0.05, 0.1) is 17.2 Å². The highest BCUT2D eigenvalue weighted by molar-refractivity contribution is 14.1. The van der Waals surface area contributed by atoms with Gasteiger partial charge in [-0.2, -0.15) is 0 Å². The first-order valence-electron chi connectivity index (χ1n) is 4.17. The van der Waals surface area contributed by atoms with Crippen LogP contribution in [0.4, 0.5) is 5.69 Å². The van der Waals surface area contributed by atoms with Crippen LogP contribution in [0, 0.1) is 9.49 Å². The highest BCUT2D eigenvalue weighted by Crippen LogP contribution is 2.36. The van der Waals surface area contributed by atoms with E-state index >= 15 is 0 Å². The zero-order valence-electron chi connectivity index (χ0n) is 7.42. The van der Waals surface area contributed by atoms with E-state index in [4.69, 9.17) is 0 Å². The van der Waals surface area contributed by atoms with Crippen LogP contribution >= 0.6 is 38.5 Å². The van der Waals surface area contributed by atoms with Gasteiger partial charge in [-0.3, -0.25) is 9.79 Å². The Hall–Kier alpha value is -0.230. The normalized spacial score (nSPS) is 19.6. The summed E-state index contributed by atoms with van der Waals surface area (Å²) >= 11 is 5.56. The Balaban J connectivity index is 2.73. The predicted octanol–water partition coefficient (Wildman–Crippen LogP) is 3.59. The average molecular weight is 364 g/mol. The SMILES string of the molecule is CC1C=Nc2c(Br)ccc(I)c2C1=O. The molecule has 1 aliphatic heterocycles. The van der Waals surface area contributed by atoms with Crippen LogP contribution in [0.15, 0.2) is 21.6 Å². The van der Waals surface area contributed by atoms with Gasteiger partial charge < -0.3 is 0 Å². The van der Waals surface area contributed by atoms with Crippen molar-refractivity contribution in [2.24, 2.45) is 10.9 Å². The maximum Gasteiger partial charge on any atom is 0.174 e. The van der Waals surface area contributed by atoms with Gasteiger partial charge in [0.15, 0.2) is 5.78 Å². The average Bonchev–Trinajstić information content (AvgIpc) is 2.16. The third-order valence-corrected chi connectivity index (χ3v) is 3.70. The van der Waals surface area contributed by atoms with Crippen molar-refractivity contribution < 1.29 is 4.79 Å². The molecule has 2 nitrogen and oxygen atoms in total. The molecule has 0 radical (unpaired) electrons. The third-order valence-electron chi connectivity index (χ3n) is 2.17. The van der Waals surface area contributed by atoms with Crippen molar-refractivity contribution in [1.29, 1.82) is 0 Å². The Kier molecular flexibility index (Phi) is 2.74. The van der Waals surface area contributed by atoms with Crippen LogP contribution in [0.1, 0.15) is 17.3 Å². The molecule has 1 heterocycles. The van der Waals surface area contributed by atoms with Crippen LogP contribution in [-0.4, -0.2) is 12.0 Å². The summed E-state index contributed by atoms with van der Waals surface area (Å²) in [5.41, 5.74) is 1.51. The fourth-order valence-electron chi connectivity index (χ4n) is 1.38. The van der Waals surface area contributed by atoms with Gasteiger partial charge in [-0.05, 0) is 50.7 Å². The standard InChI is InChI=1S/C10H7BrINO/c1-5-4-13-9-6(11)2-3-7(12)8(9)10(5)14/h2-5H,1H3. The number of halogens is 2. The van der Waals surface area contributed by atoms with Gasteiger partial charge in [-0.15, -0.1) is 0 Å². The number of Topliss-reactive ketones (excluding diaryl/α,β-unsaturated/α-hetero) is 1. The summed E-state index contributed by atoms with van der Waals surface area (Å²) in [6.45, 7) is 1.87. The van der Waals surface area contributed by atoms with E-state index in [1.165, 1.54) is 0 Å². The van der Waals surface area contributed by atoms with Crippen LogP contribution in [0.2, 0.25) is 0 Å². The maximum atomic E-state index is 11.9. The number of fused-ring (bicyclic) bond motifs is 1. The van der Waals surface area contributed by atoms with E-state index in [0.717, 1.165) is 19.3 Å². The summed E-state index contributed by atoms with van der Waals surface area (Å²) in [6.07, 6.45) is 1.70. The lowest BCUT2D eigenvalue weighted by molar-refractivity contribution is 0.0961. The second kappa shape index (κ2) is 3.73. The fraction of sp³-hybridized carbons (Fsp3) is 0.200. The van der Waals surface area contributed by atoms with Gasteiger partial charge in [0.25, 0.3) is 0 Å². The van der Waals surface area contributed by atoms with Crippen LogP contribution in [0.3, 0.4) is 0 Å². The monoisotopic (exact) mass is 363 g/mol. The van der Waals surface area contributed by atoms with E-state index < -0.39 is 0 Å². The quantitative estimate of drug-likeness (QED) is 0.648.